The van der Waals surface area contributed by atoms with Crippen LogP contribution in [0.25, 0.3) is 11.1 Å². The van der Waals surface area contributed by atoms with Crippen LogP contribution in [0.15, 0.2) is 22.6 Å². The molecule has 0 saturated carbocycles. The normalized spacial score (nSPS) is 21.9. The van der Waals surface area contributed by atoms with Gasteiger partial charge >= 0.3 is 0 Å². The number of benzene rings is 1. The van der Waals surface area contributed by atoms with E-state index in [4.69, 9.17) is 4.42 Å². The van der Waals surface area contributed by atoms with Crippen LogP contribution < -0.4 is 10.2 Å². The summed E-state index contributed by atoms with van der Waals surface area (Å²) in [5, 5.41) is 3.47. The largest absolute Gasteiger partial charge is 0.423 e. The van der Waals surface area contributed by atoms with Crippen LogP contribution in [0.3, 0.4) is 0 Å². The minimum atomic E-state index is -0.271. The maximum absolute atomic E-state index is 13.2. The van der Waals surface area contributed by atoms with Crippen LogP contribution in [-0.2, 0) is 0 Å². The molecule has 0 amide bonds. The van der Waals surface area contributed by atoms with Crippen molar-refractivity contribution >= 4 is 17.1 Å². The number of hydrogen-bond donors (Lipinski definition) is 1. The van der Waals surface area contributed by atoms with E-state index in [0.29, 0.717) is 22.5 Å². The van der Waals surface area contributed by atoms with E-state index in [2.05, 4.69) is 15.2 Å². The van der Waals surface area contributed by atoms with Crippen LogP contribution in [0.1, 0.15) is 19.3 Å². The van der Waals surface area contributed by atoms with Crippen LogP contribution in [0.2, 0.25) is 0 Å². The van der Waals surface area contributed by atoms with Gasteiger partial charge in [0.2, 0.25) is 0 Å². The number of fused-ring (bicyclic) bond motifs is 1. The maximum Gasteiger partial charge on any atom is 0.298 e. The lowest BCUT2D eigenvalue weighted by Crippen LogP contribution is -2.41. The molecule has 2 aliphatic heterocycles. The van der Waals surface area contributed by atoms with Gasteiger partial charge in [0, 0.05) is 25.7 Å². The molecule has 2 saturated heterocycles. The molecule has 1 aromatic carbocycles. The second-order valence-electron chi connectivity index (χ2n) is 6.02. The first-order valence-corrected chi connectivity index (χ1v) is 7.26. The molecule has 4 nitrogen and oxygen atoms in total. The van der Waals surface area contributed by atoms with Crippen molar-refractivity contribution in [2.24, 2.45) is 5.41 Å². The van der Waals surface area contributed by atoms with E-state index in [-0.39, 0.29) is 5.82 Å². The lowest BCUT2D eigenvalue weighted by molar-refractivity contribution is 0.243. The van der Waals surface area contributed by atoms with Crippen molar-refractivity contribution < 1.29 is 8.81 Å². The van der Waals surface area contributed by atoms with Crippen LogP contribution in [-0.4, -0.2) is 31.2 Å². The SMILES string of the molecule is Fc1ccc2oc(N3CCC4(CCNC4)CC3)nc2c1. The number of aromatic nitrogens is 1. The highest BCUT2D eigenvalue weighted by atomic mass is 19.1. The molecule has 0 aliphatic carbocycles. The number of halogens is 1. The van der Waals surface area contributed by atoms with Crippen LogP contribution in [0.4, 0.5) is 10.4 Å². The monoisotopic (exact) mass is 275 g/mol. The molecule has 0 unspecified atom stereocenters. The van der Waals surface area contributed by atoms with Gasteiger partial charge in [-0.05, 0) is 43.4 Å². The van der Waals surface area contributed by atoms with Gasteiger partial charge in [-0.15, -0.1) is 0 Å². The molecule has 1 aromatic heterocycles. The van der Waals surface area contributed by atoms with Crippen LogP contribution in [0.5, 0.6) is 0 Å². The van der Waals surface area contributed by atoms with Crippen molar-refractivity contribution in [3.05, 3.63) is 24.0 Å². The van der Waals surface area contributed by atoms with E-state index in [1.54, 1.807) is 6.07 Å². The second-order valence-corrected chi connectivity index (χ2v) is 6.02. The zero-order valence-corrected chi connectivity index (χ0v) is 11.4. The second kappa shape index (κ2) is 4.45. The van der Waals surface area contributed by atoms with E-state index < -0.39 is 0 Å². The summed E-state index contributed by atoms with van der Waals surface area (Å²) in [5.74, 6) is -0.271. The summed E-state index contributed by atoms with van der Waals surface area (Å²) in [4.78, 5) is 6.60. The molecule has 1 N–H and O–H groups in total. The number of hydrogen-bond acceptors (Lipinski definition) is 4. The van der Waals surface area contributed by atoms with E-state index >= 15 is 0 Å². The molecule has 1 spiro atoms. The highest BCUT2D eigenvalue weighted by Gasteiger charge is 2.37. The summed E-state index contributed by atoms with van der Waals surface area (Å²) in [7, 11) is 0. The Balaban J connectivity index is 1.55. The molecule has 20 heavy (non-hydrogen) atoms. The molecule has 2 fully saturated rings. The molecule has 3 heterocycles. The molecule has 106 valence electrons. The highest BCUT2D eigenvalue weighted by molar-refractivity contribution is 5.74. The summed E-state index contributed by atoms with van der Waals surface area (Å²) in [6.45, 7) is 4.22. The minimum absolute atomic E-state index is 0.271. The lowest BCUT2D eigenvalue weighted by Gasteiger charge is -2.38. The first kappa shape index (κ1) is 12.1. The van der Waals surface area contributed by atoms with Gasteiger partial charge in [-0.1, -0.05) is 0 Å². The van der Waals surface area contributed by atoms with Gasteiger partial charge < -0.3 is 14.6 Å². The fourth-order valence-electron chi connectivity index (χ4n) is 3.42. The average molecular weight is 275 g/mol. The van der Waals surface area contributed by atoms with Gasteiger partial charge in [0.1, 0.15) is 11.3 Å². The summed E-state index contributed by atoms with van der Waals surface area (Å²) in [6, 6.07) is 5.11. The number of piperidine rings is 1. The Bertz CT molecular complexity index is 623. The fraction of sp³-hybridized carbons (Fsp3) is 0.533. The Morgan fingerprint density at radius 2 is 2.10 bits per heavy atom. The van der Waals surface area contributed by atoms with Crippen LogP contribution >= 0.6 is 0 Å². The Kier molecular flexibility index (Phi) is 2.70. The average Bonchev–Trinajstić information content (AvgIpc) is 3.06. The number of nitrogens with zero attached hydrogens (tertiary/aromatic N) is 2. The van der Waals surface area contributed by atoms with Gasteiger partial charge in [0.15, 0.2) is 5.58 Å². The Hall–Kier alpha value is -1.62. The van der Waals surface area contributed by atoms with Crippen molar-refractivity contribution in [1.29, 1.82) is 0 Å². The van der Waals surface area contributed by atoms with Gasteiger partial charge in [-0.3, -0.25) is 0 Å². The van der Waals surface area contributed by atoms with E-state index in [1.807, 2.05) is 0 Å². The Labute approximate surface area is 117 Å². The van der Waals surface area contributed by atoms with Crippen molar-refractivity contribution in [2.75, 3.05) is 31.1 Å². The first-order chi connectivity index (χ1) is 9.74. The molecule has 0 atom stereocenters. The summed E-state index contributed by atoms with van der Waals surface area (Å²) < 4.78 is 18.9. The minimum Gasteiger partial charge on any atom is -0.423 e. The number of anilines is 1. The number of nitrogens with one attached hydrogen (secondary N) is 1. The summed E-state index contributed by atoms with van der Waals surface area (Å²) in [6.07, 6.45) is 3.62. The predicted octanol–water partition coefficient (Wildman–Crippen LogP) is 2.55. The third-order valence-electron chi connectivity index (χ3n) is 4.77. The number of oxazole rings is 1. The lowest BCUT2D eigenvalue weighted by atomic mass is 9.78. The molecule has 0 bridgehead atoms. The zero-order chi connectivity index (χ0) is 13.6. The highest BCUT2D eigenvalue weighted by Crippen LogP contribution is 2.38. The molecular weight excluding hydrogens is 257 g/mol. The smallest absolute Gasteiger partial charge is 0.298 e. The van der Waals surface area contributed by atoms with E-state index in [9.17, 15) is 4.39 Å². The Morgan fingerprint density at radius 3 is 2.85 bits per heavy atom. The van der Waals surface area contributed by atoms with Gasteiger partial charge in [-0.2, -0.15) is 4.98 Å². The van der Waals surface area contributed by atoms with Gasteiger partial charge in [0.25, 0.3) is 6.01 Å². The third-order valence-corrected chi connectivity index (χ3v) is 4.77. The summed E-state index contributed by atoms with van der Waals surface area (Å²) >= 11 is 0. The maximum atomic E-state index is 13.2. The van der Waals surface area contributed by atoms with E-state index in [1.165, 1.54) is 31.4 Å². The van der Waals surface area contributed by atoms with Crippen molar-refractivity contribution in [3.8, 4) is 0 Å². The topological polar surface area (TPSA) is 41.3 Å². The third kappa shape index (κ3) is 1.97. The fourth-order valence-corrected chi connectivity index (χ4v) is 3.42. The van der Waals surface area contributed by atoms with Crippen LogP contribution in [0, 0.1) is 11.2 Å². The standard InChI is InChI=1S/C15H18FN3O/c16-11-1-2-13-12(9-11)18-14(20-13)19-7-4-15(5-8-19)3-6-17-10-15/h1-2,9,17H,3-8,10H2. The molecule has 5 heteroatoms. The quantitative estimate of drug-likeness (QED) is 0.868. The molecule has 0 radical (unpaired) electrons. The molecular formula is C15H18FN3O. The molecule has 2 aliphatic rings. The first-order valence-electron chi connectivity index (χ1n) is 7.26. The van der Waals surface area contributed by atoms with Crippen molar-refractivity contribution in [1.82, 2.24) is 10.3 Å². The van der Waals surface area contributed by atoms with Crippen molar-refractivity contribution in [3.63, 3.8) is 0 Å². The van der Waals surface area contributed by atoms with Gasteiger partial charge in [-0.25, -0.2) is 4.39 Å². The van der Waals surface area contributed by atoms with Gasteiger partial charge in [0.05, 0.1) is 0 Å². The summed E-state index contributed by atoms with van der Waals surface area (Å²) in [5.41, 5.74) is 1.74. The van der Waals surface area contributed by atoms with E-state index in [0.717, 1.165) is 26.2 Å². The number of rotatable bonds is 1. The zero-order valence-electron chi connectivity index (χ0n) is 11.4. The predicted molar refractivity (Wildman–Crippen MR) is 75.3 cm³/mol. The van der Waals surface area contributed by atoms with Crippen molar-refractivity contribution in [2.45, 2.75) is 19.3 Å². The molecule has 2 aromatic rings. The Morgan fingerprint density at radius 1 is 1.25 bits per heavy atom. The molecule has 4 rings (SSSR count).